The summed E-state index contributed by atoms with van der Waals surface area (Å²) in [7, 11) is 0. The van der Waals surface area contributed by atoms with E-state index in [0.29, 0.717) is 5.78 Å². The van der Waals surface area contributed by atoms with Gasteiger partial charge in [0.2, 0.25) is 0 Å². The minimum absolute atomic E-state index is 0.00704. The highest BCUT2D eigenvalue weighted by atomic mass is 79.9. The molecule has 0 aliphatic carbocycles. The van der Waals surface area contributed by atoms with Crippen LogP contribution in [0.15, 0.2) is 0 Å². The molecular weight excluding hydrogens is 204 g/mol. The Morgan fingerprint density at radius 1 is 1.45 bits per heavy atom. The van der Waals surface area contributed by atoms with Crippen molar-refractivity contribution in [3.05, 3.63) is 0 Å². The Balaban J connectivity index is 4.37. The first-order chi connectivity index (χ1) is 4.98. The van der Waals surface area contributed by atoms with E-state index in [1.54, 1.807) is 0 Å². The first-order valence-corrected chi connectivity index (χ1v) is 5.08. The van der Waals surface area contributed by atoms with Crippen LogP contribution in [0.4, 0.5) is 0 Å². The zero-order valence-electron chi connectivity index (χ0n) is 7.78. The molecule has 0 fully saturated rings. The number of alkyl halides is 1. The number of halogens is 1. The Labute approximate surface area is 77.7 Å². The third kappa shape index (κ3) is 2.58. The number of hydrogen-bond acceptors (Lipinski definition) is 1. The lowest BCUT2D eigenvalue weighted by Gasteiger charge is -2.26. The lowest BCUT2D eigenvalue weighted by molar-refractivity contribution is -0.127. The van der Waals surface area contributed by atoms with E-state index in [1.165, 1.54) is 0 Å². The molecule has 0 saturated heterocycles. The second-order valence-corrected chi connectivity index (χ2v) is 4.62. The molecule has 0 amide bonds. The molecule has 0 aliphatic rings. The molecule has 0 rings (SSSR count). The Morgan fingerprint density at radius 2 is 1.82 bits per heavy atom. The molecule has 66 valence electrons. The summed E-state index contributed by atoms with van der Waals surface area (Å²) in [6.45, 7) is 8.06. The molecule has 1 unspecified atom stereocenters. The molecule has 0 N–H and O–H groups in total. The summed E-state index contributed by atoms with van der Waals surface area (Å²) in [6.07, 6.45) is 1.86. The maximum atomic E-state index is 11.6. The van der Waals surface area contributed by atoms with Crippen LogP contribution < -0.4 is 0 Å². The summed E-state index contributed by atoms with van der Waals surface area (Å²) < 4.78 is 0. The zero-order chi connectivity index (χ0) is 9.07. The van der Waals surface area contributed by atoms with Gasteiger partial charge in [0, 0.05) is 5.41 Å². The van der Waals surface area contributed by atoms with Gasteiger partial charge in [-0.3, -0.25) is 4.79 Å². The third-order valence-electron chi connectivity index (χ3n) is 2.52. The van der Waals surface area contributed by atoms with Crippen LogP contribution in [0, 0.1) is 5.41 Å². The third-order valence-corrected chi connectivity index (χ3v) is 2.93. The van der Waals surface area contributed by atoms with Crippen molar-refractivity contribution in [2.45, 2.75) is 45.4 Å². The fraction of sp³-hybridized carbons (Fsp3) is 0.889. The van der Waals surface area contributed by atoms with E-state index in [4.69, 9.17) is 0 Å². The fourth-order valence-corrected chi connectivity index (χ4v) is 1.63. The average molecular weight is 221 g/mol. The van der Waals surface area contributed by atoms with Gasteiger partial charge in [-0.05, 0) is 19.8 Å². The standard InChI is InChI=1S/C9H17BrO/c1-5-9(4,6-2)8(11)7(3)10/h7H,5-6H2,1-4H3. The highest BCUT2D eigenvalue weighted by Gasteiger charge is 2.31. The van der Waals surface area contributed by atoms with Gasteiger partial charge in [-0.25, -0.2) is 0 Å². The minimum atomic E-state index is -0.122. The normalized spacial score (nSPS) is 14.6. The zero-order valence-corrected chi connectivity index (χ0v) is 9.36. The molecule has 1 atom stereocenters. The molecule has 0 aromatic carbocycles. The SMILES string of the molecule is CCC(C)(CC)C(=O)C(C)Br. The topological polar surface area (TPSA) is 17.1 Å². The van der Waals surface area contributed by atoms with E-state index in [2.05, 4.69) is 29.8 Å². The van der Waals surface area contributed by atoms with E-state index < -0.39 is 0 Å². The Kier molecular flexibility index (Phi) is 4.30. The quantitative estimate of drug-likeness (QED) is 0.666. The van der Waals surface area contributed by atoms with Crippen LogP contribution in [0.1, 0.15) is 40.5 Å². The highest BCUT2D eigenvalue weighted by molar-refractivity contribution is 9.10. The van der Waals surface area contributed by atoms with Gasteiger partial charge in [-0.15, -0.1) is 0 Å². The van der Waals surface area contributed by atoms with E-state index in [1.807, 2.05) is 13.8 Å². The number of carbonyl (C=O) groups excluding carboxylic acids is 1. The lowest BCUT2D eigenvalue weighted by Crippen LogP contribution is -2.31. The van der Waals surface area contributed by atoms with Crippen LogP contribution in [-0.2, 0) is 4.79 Å². The molecule has 0 aromatic rings. The Hall–Kier alpha value is 0.150. The summed E-state index contributed by atoms with van der Waals surface area (Å²) in [6, 6.07) is 0. The van der Waals surface area contributed by atoms with Crippen LogP contribution in [0.3, 0.4) is 0 Å². The van der Waals surface area contributed by atoms with Crippen molar-refractivity contribution in [2.75, 3.05) is 0 Å². The molecular formula is C9H17BrO. The molecule has 0 heterocycles. The van der Waals surface area contributed by atoms with Gasteiger partial charge in [0.1, 0.15) is 0 Å². The summed E-state index contributed by atoms with van der Waals surface area (Å²) >= 11 is 3.31. The van der Waals surface area contributed by atoms with E-state index in [0.717, 1.165) is 12.8 Å². The average Bonchev–Trinajstić information content (AvgIpc) is 2.01. The fourth-order valence-electron chi connectivity index (χ4n) is 1.08. The molecule has 0 aromatic heterocycles. The smallest absolute Gasteiger partial charge is 0.152 e. The molecule has 0 aliphatic heterocycles. The second-order valence-electron chi connectivity index (χ2n) is 3.25. The molecule has 1 nitrogen and oxygen atoms in total. The van der Waals surface area contributed by atoms with Crippen LogP contribution in [0.2, 0.25) is 0 Å². The van der Waals surface area contributed by atoms with Gasteiger partial charge >= 0.3 is 0 Å². The monoisotopic (exact) mass is 220 g/mol. The predicted octanol–water partition coefficient (Wildman–Crippen LogP) is 3.17. The minimum Gasteiger partial charge on any atom is -0.298 e. The largest absolute Gasteiger partial charge is 0.298 e. The van der Waals surface area contributed by atoms with Crippen LogP contribution in [-0.4, -0.2) is 10.6 Å². The first kappa shape index (κ1) is 11.2. The van der Waals surface area contributed by atoms with Gasteiger partial charge in [-0.1, -0.05) is 36.7 Å². The maximum absolute atomic E-state index is 11.6. The summed E-state index contributed by atoms with van der Waals surface area (Å²) in [5, 5.41) is 0. The van der Waals surface area contributed by atoms with E-state index in [9.17, 15) is 4.79 Å². The van der Waals surface area contributed by atoms with Gasteiger partial charge < -0.3 is 0 Å². The van der Waals surface area contributed by atoms with Crippen molar-refractivity contribution >= 4 is 21.7 Å². The summed E-state index contributed by atoms with van der Waals surface area (Å²) in [5.74, 6) is 0.322. The first-order valence-electron chi connectivity index (χ1n) is 4.16. The van der Waals surface area contributed by atoms with Crippen LogP contribution in [0.25, 0.3) is 0 Å². The summed E-state index contributed by atoms with van der Waals surface area (Å²) in [5.41, 5.74) is -0.122. The summed E-state index contributed by atoms with van der Waals surface area (Å²) in [4.78, 5) is 11.6. The predicted molar refractivity (Wildman–Crippen MR) is 52.1 cm³/mol. The van der Waals surface area contributed by atoms with Gasteiger partial charge in [-0.2, -0.15) is 0 Å². The van der Waals surface area contributed by atoms with Crippen molar-refractivity contribution in [2.24, 2.45) is 5.41 Å². The van der Waals surface area contributed by atoms with Crippen molar-refractivity contribution in [1.82, 2.24) is 0 Å². The second kappa shape index (κ2) is 4.24. The van der Waals surface area contributed by atoms with Gasteiger partial charge in [0.15, 0.2) is 5.78 Å². The maximum Gasteiger partial charge on any atom is 0.152 e. The van der Waals surface area contributed by atoms with Crippen molar-refractivity contribution in [3.63, 3.8) is 0 Å². The number of Topliss-reactive ketones (excluding diaryl/α,β-unsaturated/α-hetero) is 1. The lowest BCUT2D eigenvalue weighted by atomic mass is 9.79. The molecule has 2 heteroatoms. The van der Waals surface area contributed by atoms with Crippen LogP contribution >= 0.6 is 15.9 Å². The molecule has 0 radical (unpaired) electrons. The van der Waals surface area contributed by atoms with Crippen molar-refractivity contribution < 1.29 is 4.79 Å². The van der Waals surface area contributed by atoms with E-state index >= 15 is 0 Å². The Morgan fingerprint density at radius 3 is 1.91 bits per heavy atom. The number of ketones is 1. The highest BCUT2D eigenvalue weighted by Crippen LogP contribution is 2.29. The molecule has 11 heavy (non-hydrogen) atoms. The number of rotatable bonds is 4. The van der Waals surface area contributed by atoms with E-state index in [-0.39, 0.29) is 10.2 Å². The van der Waals surface area contributed by atoms with Crippen molar-refractivity contribution in [1.29, 1.82) is 0 Å². The Bertz CT molecular complexity index is 136. The van der Waals surface area contributed by atoms with Crippen molar-refractivity contribution in [3.8, 4) is 0 Å². The molecule has 0 bridgehead atoms. The van der Waals surface area contributed by atoms with Gasteiger partial charge in [0.25, 0.3) is 0 Å². The van der Waals surface area contributed by atoms with Crippen LogP contribution in [0.5, 0.6) is 0 Å². The molecule has 0 saturated carbocycles. The number of hydrogen-bond donors (Lipinski definition) is 0. The van der Waals surface area contributed by atoms with Gasteiger partial charge in [0.05, 0.1) is 4.83 Å². The molecule has 0 spiro atoms. The number of carbonyl (C=O) groups is 1.